The van der Waals surface area contributed by atoms with Gasteiger partial charge in [-0.1, -0.05) is 28.1 Å². The lowest BCUT2D eigenvalue weighted by atomic mass is 9.93. The minimum atomic E-state index is -0.0437. The minimum Gasteiger partial charge on any atom is -0.501 e. The molecule has 0 radical (unpaired) electrons. The van der Waals surface area contributed by atoms with Crippen molar-refractivity contribution in [1.82, 2.24) is 0 Å². The molecule has 1 aromatic rings. The Labute approximate surface area is 105 Å². The molecular weight excluding hydrogens is 266 g/mol. The van der Waals surface area contributed by atoms with E-state index in [1.165, 1.54) is 16.7 Å². The van der Waals surface area contributed by atoms with Crippen molar-refractivity contribution in [1.29, 1.82) is 0 Å². The average molecular weight is 282 g/mol. The van der Waals surface area contributed by atoms with Crippen LogP contribution in [0.2, 0.25) is 0 Å². The molecule has 2 nitrogen and oxygen atoms in total. The summed E-state index contributed by atoms with van der Waals surface area (Å²) in [4.78, 5) is 0. The summed E-state index contributed by atoms with van der Waals surface area (Å²) in [5.41, 5.74) is 9.84. The Morgan fingerprint density at radius 3 is 2.94 bits per heavy atom. The van der Waals surface area contributed by atoms with Crippen LogP contribution in [0.3, 0.4) is 0 Å². The molecule has 86 valence electrons. The molecule has 0 fully saturated rings. The van der Waals surface area contributed by atoms with E-state index in [0.717, 1.165) is 23.9 Å². The zero-order valence-corrected chi connectivity index (χ0v) is 11.0. The van der Waals surface area contributed by atoms with E-state index in [9.17, 15) is 0 Å². The molecular formula is C13H16BrNO. The van der Waals surface area contributed by atoms with E-state index in [1.54, 1.807) is 0 Å². The fourth-order valence-corrected chi connectivity index (χ4v) is 2.36. The maximum Gasteiger partial charge on any atom is 0.0876 e. The predicted octanol–water partition coefficient (Wildman–Crippen LogP) is 3.45. The van der Waals surface area contributed by atoms with Gasteiger partial charge in [0.05, 0.1) is 18.9 Å². The quantitative estimate of drug-likeness (QED) is 0.901. The molecule has 1 unspecified atom stereocenters. The number of hydrogen-bond acceptors (Lipinski definition) is 2. The van der Waals surface area contributed by atoms with Crippen LogP contribution in [0.25, 0.3) is 0 Å². The van der Waals surface area contributed by atoms with E-state index in [2.05, 4.69) is 28.9 Å². The molecule has 0 aliphatic carbocycles. The minimum absolute atomic E-state index is 0.0437. The van der Waals surface area contributed by atoms with Crippen LogP contribution in [0.1, 0.15) is 30.0 Å². The van der Waals surface area contributed by atoms with Gasteiger partial charge < -0.3 is 10.5 Å². The molecule has 1 heterocycles. The normalized spacial score (nSPS) is 17.6. The number of hydrogen-bond donors (Lipinski definition) is 1. The second-order valence-electron chi connectivity index (χ2n) is 4.10. The molecule has 3 heteroatoms. The summed E-state index contributed by atoms with van der Waals surface area (Å²) < 4.78 is 6.45. The van der Waals surface area contributed by atoms with E-state index < -0.39 is 0 Å². The van der Waals surface area contributed by atoms with Crippen molar-refractivity contribution >= 4 is 15.9 Å². The SMILES string of the molecule is Cc1c(Br)cccc1C(N)C1=COCCC1. The van der Waals surface area contributed by atoms with Gasteiger partial charge in [-0.2, -0.15) is 0 Å². The van der Waals surface area contributed by atoms with Crippen LogP contribution < -0.4 is 5.73 Å². The van der Waals surface area contributed by atoms with Crippen molar-refractivity contribution < 1.29 is 4.74 Å². The molecule has 2 N–H and O–H groups in total. The Bertz CT molecular complexity index is 414. The van der Waals surface area contributed by atoms with E-state index in [0.29, 0.717) is 0 Å². The van der Waals surface area contributed by atoms with Gasteiger partial charge in [-0.05, 0) is 42.5 Å². The first-order valence-corrected chi connectivity index (χ1v) is 6.30. The lowest BCUT2D eigenvalue weighted by Gasteiger charge is -2.21. The van der Waals surface area contributed by atoms with Gasteiger partial charge in [0.15, 0.2) is 0 Å². The highest BCUT2D eigenvalue weighted by molar-refractivity contribution is 9.10. The van der Waals surface area contributed by atoms with Gasteiger partial charge in [-0.25, -0.2) is 0 Å². The summed E-state index contributed by atoms with van der Waals surface area (Å²) in [6, 6.07) is 6.10. The number of rotatable bonds is 2. The Kier molecular flexibility index (Phi) is 3.66. The topological polar surface area (TPSA) is 35.2 Å². The van der Waals surface area contributed by atoms with E-state index in [1.807, 2.05) is 18.4 Å². The van der Waals surface area contributed by atoms with Gasteiger partial charge >= 0.3 is 0 Å². The third kappa shape index (κ3) is 2.30. The molecule has 1 aromatic carbocycles. The lowest BCUT2D eigenvalue weighted by Crippen LogP contribution is -2.17. The Morgan fingerprint density at radius 2 is 2.25 bits per heavy atom. The smallest absolute Gasteiger partial charge is 0.0876 e. The van der Waals surface area contributed by atoms with Crippen LogP contribution in [0.5, 0.6) is 0 Å². The van der Waals surface area contributed by atoms with Crippen LogP contribution >= 0.6 is 15.9 Å². The zero-order valence-electron chi connectivity index (χ0n) is 9.37. The van der Waals surface area contributed by atoms with Crippen LogP contribution in [0.15, 0.2) is 34.5 Å². The molecule has 2 rings (SSSR count). The van der Waals surface area contributed by atoms with Crippen molar-refractivity contribution in [3.63, 3.8) is 0 Å². The number of nitrogens with two attached hydrogens (primary N) is 1. The van der Waals surface area contributed by atoms with E-state index >= 15 is 0 Å². The Hall–Kier alpha value is -0.800. The van der Waals surface area contributed by atoms with Gasteiger partial charge in [0, 0.05) is 4.47 Å². The average Bonchev–Trinajstić information content (AvgIpc) is 2.33. The summed E-state index contributed by atoms with van der Waals surface area (Å²) in [7, 11) is 0. The molecule has 0 aromatic heterocycles. The Balaban J connectivity index is 2.29. The van der Waals surface area contributed by atoms with Gasteiger partial charge in [-0.15, -0.1) is 0 Å². The van der Waals surface area contributed by atoms with Gasteiger partial charge in [0.2, 0.25) is 0 Å². The molecule has 1 aliphatic heterocycles. The van der Waals surface area contributed by atoms with Crippen molar-refractivity contribution in [3.05, 3.63) is 45.6 Å². The summed E-state index contributed by atoms with van der Waals surface area (Å²) in [5.74, 6) is 0. The molecule has 1 aliphatic rings. The molecule has 0 spiro atoms. The molecule has 16 heavy (non-hydrogen) atoms. The first-order valence-electron chi connectivity index (χ1n) is 5.51. The number of ether oxygens (including phenoxy) is 1. The zero-order chi connectivity index (χ0) is 11.5. The second kappa shape index (κ2) is 5.02. The summed E-state index contributed by atoms with van der Waals surface area (Å²) >= 11 is 3.53. The van der Waals surface area contributed by atoms with E-state index in [-0.39, 0.29) is 6.04 Å². The number of halogens is 1. The predicted molar refractivity (Wildman–Crippen MR) is 69.1 cm³/mol. The molecule has 0 saturated heterocycles. The standard InChI is InChI=1S/C13H16BrNO/c1-9-11(5-2-6-12(9)14)13(15)10-4-3-7-16-8-10/h2,5-6,8,13H,3-4,7,15H2,1H3. The summed E-state index contributed by atoms with van der Waals surface area (Å²) in [6.07, 6.45) is 3.92. The van der Waals surface area contributed by atoms with Crippen molar-refractivity contribution in [2.45, 2.75) is 25.8 Å². The first kappa shape index (κ1) is 11.7. The fraction of sp³-hybridized carbons (Fsp3) is 0.385. The fourth-order valence-electron chi connectivity index (χ4n) is 1.97. The second-order valence-corrected chi connectivity index (χ2v) is 4.95. The van der Waals surface area contributed by atoms with Crippen molar-refractivity contribution in [2.24, 2.45) is 5.73 Å². The molecule has 0 saturated carbocycles. The first-order chi connectivity index (χ1) is 7.70. The third-order valence-electron chi connectivity index (χ3n) is 3.01. The summed E-state index contributed by atoms with van der Waals surface area (Å²) in [6.45, 7) is 2.90. The van der Waals surface area contributed by atoms with Crippen molar-refractivity contribution in [3.8, 4) is 0 Å². The number of benzene rings is 1. The van der Waals surface area contributed by atoms with Crippen LogP contribution in [0, 0.1) is 6.92 Å². The van der Waals surface area contributed by atoms with Crippen LogP contribution in [-0.2, 0) is 4.74 Å². The third-order valence-corrected chi connectivity index (χ3v) is 3.87. The van der Waals surface area contributed by atoms with Crippen molar-refractivity contribution in [2.75, 3.05) is 6.61 Å². The Morgan fingerprint density at radius 1 is 1.44 bits per heavy atom. The molecule has 0 amide bonds. The molecule has 1 atom stereocenters. The monoisotopic (exact) mass is 281 g/mol. The van der Waals surface area contributed by atoms with E-state index in [4.69, 9.17) is 10.5 Å². The maximum atomic E-state index is 6.27. The van der Waals surface area contributed by atoms with Crippen LogP contribution in [0.4, 0.5) is 0 Å². The molecule has 0 bridgehead atoms. The van der Waals surface area contributed by atoms with Gasteiger partial charge in [-0.3, -0.25) is 0 Å². The van der Waals surface area contributed by atoms with Gasteiger partial charge in [0.1, 0.15) is 0 Å². The maximum absolute atomic E-state index is 6.27. The largest absolute Gasteiger partial charge is 0.501 e. The highest BCUT2D eigenvalue weighted by atomic mass is 79.9. The van der Waals surface area contributed by atoms with Crippen LogP contribution in [-0.4, -0.2) is 6.61 Å². The highest BCUT2D eigenvalue weighted by Gasteiger charge is 2.17. The summed E-state index contributed by atoms with van der Waals surface area (Å²) in [5, 5.41) is 0. The highest BCUT2D eigenvalue weighted by Crippen LogP contribution is 2.30. The van der Waals surface area contributed by atoms with Gasteiger partial charge in [0.25, 0.3) is 0 Å². The lowest BCUT2D eigenvalue weighted by molar-refractivity contribution is 0.221.